The van der Waals surface area contributed by atoms with Crippen molar-refractivity contribution < 1.29 is 4.79 Å². The van der Waals surface area contributed by atoms with Gasteiger partial charge in [0, 0.05) is 30.2 Å². The monoisotopic (exact) mass is 397 g/mol. The average Bonchev–Trinajstić information content (AvgIpc) is 2.58. The van der Waals surface area contributed by atoms with Crippen LogP contribution in [-0.2, 0) is 11.2 Å². The Hall–Kier alpha value is -1.36. The zero-order chi connectivity index (χ0) is 17.3. The van der Waals surface area contributed by atoms with E-state index in [9.17, 15) is 4.79 Å². The number of aromatic nitrogens is 1. The van der Waals surface area contributed by atoms with Crippen LogP contribution in [0.3, 0.4) is 0 Å². The Morgan fingerprint density at radius 2 is 2.00 bits per heavy atom. The smallest absolute Gasteiger partial charge is 0.227 e. The SMILES string of the molecule is Cc1nc2ccccc2c(C)c1CC(=O)N1CCCC(C(C)N)C1.Cl.Cl. The summed E-state index contributed by atoms with van der Waals surface area (Å²) in [5.41, 5.74) is 10.2. The maximum atomic E-state index is 12.8. The summed E-state index contributed by atoms with van der Waals surface area (Å²) in [4.78, 5) is 19.5. The summed E-state index contributed by atoms with van der Waals surface area (Å²) >= 11 is 0. The Balaban J connectivity index is 0.00000169. The molecule has 0 radical (unpaired) electrons. The van der Waals surface area contributed by atoms with Crippen molar-refractivity contribution in [3.63, 3.8) is 0 Å². The van der Waals surface area contributed by atoms with E-state index in [1.807, 2.05) is 36.9 Å². The molecule has 1 aliphatic rings. The number of nitrogens with two attached hydrogens (primary N) is 1. The summed E-state index contributed by atoms with van der Waals surface area (Å²) in [6.45, 7) is 7.78. The van der Waals surface area contributed by atoms with Crippen LogP contribution in [0.2, 0.25) is 0 Å². The molecule has 3 rings (SSSR count). The number of carbonyl (C=O) groups is 1. The molecule has 1 aromatic carbocycles. The lowest BCUT2D eigenvalue weighted by Gasteiger charge is -2.35. The predicted molar refractivity (Wildman–Crippen MR) is 112 cm³/mol. The second-order valence-corrected chi connectivity index (χ2v) is 7.10. The third kappa shape index (κ3) is 4.67. The minimum atomic E-state index is 0. The van der Waals surface area contributed by atoms with Gasteiger partial charge in [-0.2, -0.15) is 0 Å². The van der Waals surface area contributed by atoms with Crippen molar-refractivity contribution in [1.82, 2.24) is 9.88 Å². The highest BCUT2D eigenvalue weighted by Gasteiger charge is 2.26. The Labute approximate surface area is 168 Å². The summed E-state index contributed by atoms with van der Waals surface area (Å²) in [5.74, 6) is 0.614. The second kappa shape index (κ2) is 9.54. The average molecular weight is 398 g/mol. The van der Waals surface area contributed by atoms with Gasteiger partial charge >= 0.3 is 0 Å². The molecule has 1 aromatic heterocycles. The minimum absolute atomic E-state index is 0. The number of hydrogen-bond donors (Lipinski definition) is 1. The first-order valence-corrected chi connectivity index (χ1v) is 8.85. The zero-order valence-corrected chi connectivity index (χ0v) is 17.3. The molecular formula is C20H29Cl2N3O. The molecule has 6 heteroatoms. The van der Waals surface area contributed by atoms with Crippen molar-refractivity contribution in [2.45, 2.75) is 46.1 Å². The Morgan fingerprint density at radius 3 is 2.69 bits per heavy atom. The molecule has 0 spiro atoms. The van der Waals surface area contributed by atoms with Gasteiger partial charge in [-0.3, -0.25) is 9.78 Å². The fourth-order valence-electron chi connectivity index (χ4n) is 3.76. The normalized spacial score (nSPS) is 18.0. The highest BCUT2D eigenvalue weighted by Crippen LogP contribution is 2.25. The molecule has 144 valence electrons. The van der Waals surface area contributed by atoms with E-state index in [-0.39, 0.29) is 36.8 Å². The van der Waals surface area contributed by atoms with E-state index >= 15 is 0 Å². The highest BCUT2D eigenvalue weighted by atomic mass is 35.5. The molecule has 0 aliphatic carbocycles. The fraction of sp³-hybridized carbons (Fsp3) is 0.500. The summed E-state index contributed by atoms with van der Waals surface area (Å²) in [6, 6.07) is 8.28. The Bertz CT molecular complexity index is 764. The van der Waals surface area contributed by atoms with E-state index in [2.05, 4.69) is 18.0 Å². The molecule has 26 heavy (non-hydrogen) atoms. The van der Waals surface area contributed by atoms with Gasteiger partial charge < -0.3 is 10.6 Å². The Kier molecular flexibility index (Phi) is 8.32. The number of amides is 1. The number of pyridine rings is 1. The van der Waals surface area contributed by atoms with Crippen LogP contribution in [0, 0.1) is 19.8 Å². The third-order valence-corrected chi connectivity index (χ3v) is 5.37. The fourth-order valence-corrected chi connectivity index (χ4v) is 3.76. The molecule has 2 N–H and O–H groups in total. The van der Waals surface area contributed by atoms with E-state index in [0.717, 1.165) is 48.1 Å². The van der Waals surface area contributed by atoms with Gasteiger partial charge in [-0.25, -0.2) is 0 Å². The molecular weight excluding hydrogens is 369 g/mol. The lowest BCUT2D eigenvalue weighted by atomic mass is 9.91. The molecule has 1 amide bonds. The minimum Gasteiger partial charge on any atom is -0.342 e. The van der Waals surface area contributed by atoms with Gasteiger partial charge in [-0.05, 0) is 56.7 Å². The molecule has 1 saturated heterocycles. The van der Waals surface area contributed by atoms with Crippen LogP contribution in [0.15, 0.2) is 24.3 Å². The van der Waals surface area contributed by atoms with Gasteiger partial charge in [0.25, 0.3) is 0 Å². The van der Waals surface area contributed by atoms with Crippen LogP contribution >= 0.6 is 24.8 Å². The van der Waals surface area contributed by atoms with Crippen LogP contribution in [0.5, 0.6) is 0 Å². The third-order valence-electron chi connectivity index (χ3n) is 5.37. The lowest BCUT2D eigenvalue weighted by molar-refractivity contribution is -0.132. The summed E-state index contributed by atoms with van der Waals surface area (Å²) in [6.07, 6.45) is 2.60. The molecule has 2 unspecified atom stereocenters. The summed E-state index contributed by atoms with van der Waals surface area (Å²) < 4.78 is 0. The first kappa shape index (κ1) is 22.7. The van der Waals surface area contributed by atoms with E-state index in [0.29, 0.717) is 12.3 Å². The number of piperidine rings is 1. The van der Waals surface area contributed by atoms with Crippen LogP contribution < -0.4 is 5.73 Å². The zero-order valence-electron chi connectivity index (χ0n) is 15.7. The first-order valence-electron chi connectivity index (χ1n) is 8.85. The van der Waals surface area contributed by atoms with E-state index < -0.39 is 0 Å². The van der Waals surface area contributed by atoms with Crippen LogP contribution in [0.4, 0.5) is 0 Å². The van der Waals surface area contributed by atoms with Crippen LogP contribution in [-0.4, -0.2) is 34.9 Å². The number of carbonyl (C=O) groups excluding carboxylic acids is 1. The van der Waals surface area contributed by atoms with Crippen molar-refractivity contribution in [2.75, 3.05) is 13.1 Å². The molecule has 4 nitrogen and oxygen atoms in total. The van der Waals surface area contributed by atoms with E-state index in [1.54, 1.807) is 0 Å². The number of halogens is 2. The quantitative estimate of drug-likeness (QED) is 0.855. The number of hydrogen-bond acceptors (Lipinski definition) is 3. The molecule has 0 bridgehead atoms. The van der Waals surface area contributed by atoms with Crippen molar-refractivity contribution in [2.24, 2.45) is 11.7 Å². The number of fused-ring (bicyclic) bond motifs is 1. The van der Waals surface area contributed by atoms with Gasteiger partial charge in [0.15, 0.2) is 0 Å². The van der Waals surface area contributed by atoms with E-state index in [1.165, 1.54) is 5.56 Å². The summed E-state index contributed by atoms with van der Waals surface area (Å²) in [5, 5.41) is 1.14. The topological polar surface area (TPSA) is 59.2 Å². The molecule has 2 aromatic rings. The van der Waals surface area contributed by atoms with Crippen molar-refractivity contribution >= 4 is 41.6 Å². The first-order chi connectivity index (χ1) is 11.5. The lowest BCUT2D eigenvalue weighted by Crippen LogP contribution is -2.45. The number of para-hydroxylation sites is 1. The van der Waals surface area contributed by atoms with Crippen LogP contribution in [0.1, 0.15) is 36.6 Å². The molecule has 0 saturated carbocycles. The largest absolute Gasteiger partial charge is 0.342 e. The van der Waals surface area contributed by atoms with Crippen molar-refractivity contribution in [3.05, 3.63) is 41.1 Å². The molecule has 2 heterocycles. The Morgan fingerprint density at radius 1 is 1.31 bits per heavy atom. The molecule has 2 atom stereocenters. The van der Waals surface area contributed by atoms with Gasteiger partial charge in [0.2, 0.25) is 5.91 Å². The number of nitrogens with zero attached hydrogens (tertiary/aromatic N) is 2. The maximum absolute atomic E-state index is 12.8. The number of rotatable bonds is 3. The maximum Gasteiger partial charge on any atom is 0.227 e. The van der Waals surface area contributed by atoms with Gasteiger partial charge in [0.05, 0.1) is 11.9 Å². The molecule has 1 fully saturated rings. The highest BCUT2D eigenvalue weighted by molar-refractivity contribution is 5.86. The molecule has 1 aliphatic heterocycles. The van der Waals surface area contributed by atoms with Crippen LogP contribution in [0.25, 0.3) is 10.9 Å². The van der Waals surface area contributed by atoms with E-state index in [4.69, 9.17) is 5.73 Å². The standard InChI is InChI=1S/C20H27N3O.2ClH/c1-13-17-8-4-5-9-19(17)22-15(3)18(13)11-20(24)23-10-6-7-16(12-23)14(2)21;;/h4-5,8-9,14,16H,6-7,10-12,21H2,1-3H3;2*1H. The number of benzene rings is 1. The predicted octanol–water partition coefficient (Wildman–Crippen LogP) is 3.82. The van der Waals surface area contributed by atoms with Crippen molar-refractivity contribution in [3.8, 4) is 0 Å². The summed E-state index contributed by atoms with van der Waals surface area (Å²) in [7, 11) is 0. The number of likely N-dealkylation sites (tertiary alicyclic amines) is 1. The second-order valence-electron chi connectivity index (χ2n) is 7.10. The number of aryl methyl sites for hydroxylation is 2. The van der Waals surface area contributed by atoms with Gasteiger partial charge in [-0.15, -0.1) is 24.8 Å². The van der Waals surface area contributed by atoms with Gasteiger partial charge in [0.1, 0.15) is 0 Å². The van der Waals surface area contributed by atoms with Gasteiger partial charge in [-0.1, -0.05) is 18.2 Å². The van der Waals surface area contributed by atoms with Crippen molar-refractivity contribution in [1.29, 1.82) is 0 Å².